The molecule has 5 nitrogen and oxygen atoms in total. The fraction of sp³-hybridized carbons (Fsp3) is 0.118. The van der Waals surface area contributed by atoms with Crippen molar-refractivity contribution in [2.45, 2.75) is 6.42 Å². The van der Waals surface area contributed by atoms with Crippen LogP contribution in [-0.4, -0.2) is 10.8 Å². The lowest BCUT2D eigenvalue weighted by atomic mass is 9.99. The van der Waals surface area contributed by atoms with Crippen LogP contribution in [0.5, 0.6) is 0 Å². The Hall–Kier alpha value is -2.02. The van der Waals surface area contributed by atoms with Gasteiger partial charge >= 0.3 is 0 Å². The van der Waals surface area contributed by atoms with Crippen molar-refractivity contribution in [1.82, 2.24) is 10.5 Å². The number of nitrogens with one attached hydrogen (secondary N) is 2. The molecule has 1 aliphatic rings. The summed E-state index contributed by atoms with van der Waals surface area (Å²) in [6.45, 7) is 0. The molecule has 124 valence electrons. The number of halogens is 2. The summed E-state index contributed by atoms with van der Waals surface area (Å²) < 4.78 is 0.987. The summed E-state index contributed by atoms with van der Waals surface area (Å²) in [6.07, 6.45) is 11.0. The molecule has 0 amide bonds. The average Bonchev–Trinajstić information content (AvgIpc) is 2.92. The first-order valence-corrected chi connectivity index (χ1v) is 8.58. The summed E-state index contributed by atoms with van der Waals surface area (Å²) in [5.41, 5.74) is 11.0. The highest BCUT2D eigenvalue weighted by molar-refractivity contribution is 9.10. The third-order valence-electron chi connectivity index (χ3n) is 3.83. The number of H-pyrrole nitrogens is 1. The molecule has 0 radical (unpaired) electrons. The lowest BCUT2D eigenvalue weighted by Gasteiger charge is -2.09. The van der Waals surface area contributed by atoms with Gasteiger partial charge in [-0.1, -0.05) is 51.8 Å². The number of hydrazone groups is 1. The van der Waals surface area contributed by atoms with Crippen molar-refractivity contribution in [2.24, 2.45) is 22.6 Å². The molecule has 1 aromatic heterocycles. The lowest BCUT2D eigenvalue weighted by Crippen LogP contribution is -2.23. The number of allylic oxidation sites excluding steroid dienone is 5. The monoisotopic (exact) mass is 405 g/mol. The second kappa shape index (κ2) is 7.25. The first-order valence-electron chi connectivity index (χ1n) is 7.41. The van der Waals surface area contributed by atoms with Gasteiger partial charge < -0.3 is 10.7 Å². The summed E-state index contributed by atoms with van der Waals surface area (Å²) >= 11 is 9.44. The summed E-state index contributed by atoms with van der Waals surface area (Å²) in [5, 5.41) is 5.68. The Balaban J connectivity index is 2.01. The van der Waals surface area contributed by atoms with E-state index >= 15 is 0 Å². The second-order valence-corrected chi connectivity index (χ2v) is 6.79. The van der Waals surface area contributed by atoms with Gasteiger partial charge in [-0.15, -0.1) is 5.10 Å². The molecule has 24 heavy (non-hydrogen) atoms. The molecule has 0 saturated heterocycles. The van der Waals surface area contributed by atoms with E-state index in [1.807, 2.05) is 36.4 Å². The van der Waals surface area contributed by atoms with Gasteiger partial charge in [0.15, 0.2) is 5.84 Å². The molecule has 0 aliphatic heterocycles. The smallest absolute Gasteiger partial charge is 0.154 e. The second-order valence-electron chi connectivity index (χ2n) is 5.44. The molecule has 7 heteroatoms. The molecule has 1 heterocycles. The number of hydrogen-bond acceptors (Lipinski definition) is 3. The molecule has 3 rings (SSSR count). The zero-order valence-corrected chi connectivity index (χ0v) is 15.1. The van der Waals surface area contributed by atoms with Gasteiger partial charge in [0.25, 0.3) is 0 Å². The number of amidine groups is 1. The van der Waals surface area contributed by atoms with Crippen LogP contribution in [0, 0.1) is 5.92 Å². The first kappa shape index (κ1) is 16.8. The summed E-state index contributed by atoms with van der Waals surface area (Å²) in [7, 11) is 0. The molecular weight excluding hydrogens is 390 g/mol. The molecule has 1 atom stereocenters. The number of hydrogen-bond donors (Lipinski definition) is 4. The minimum absolute atomic E-state index is 0.296. The van der Waals surface area contributed by atoms with Gasteiger partial charge in [-0.3, -0.25) is 0 Å². The van der Waals surface area contributed by atoms with Crippen LogP contribution in [0.1, 0.15) is 17.7 Å². The molecule has 0 spiro atoms. The van der Waals surface area contributed by atoms with E-state index in [1.54, 1.807) is 0 Å². The third-order valence-corrected chi connectivity index (χ3v) is 4.60. The SMILES string of the molecule is NN/N=C(\N)c1c(/C=C/C2C=CC(Cl)=CC2)[nH]c2cc(Br)ccc12. The van der Waals surface area contributed by atoms with E-state index in [1.165, 1.54) is 0 Å². The Morgan fingerprint density at radius 2 is 2.29 bits per heavy atom. The van der Waals surface area contributed by atoms with E-state index < -0.39 is 0 Å². The number of rotatable bonds is 4. The number of benzene rings is 1. The molecule has 1 unspecified atom stereocenters. The van der Waals surface area contributed by atoms with Gasteiger partial charge in [0.1, 0.15) is 0 Å². The highest BCUT2D eigenvalue weighted by Crippen LogP contribution is 2.27. The molecule has 2 aromatic rings. The maximum absolute atomic E-state index is 6.08. The van der Waals surface area contributed by atoms with Gasteiger partial charge in [0, 0.05) is 26.1 Å². The molecule has 1 aliphatic carbocycles. The summed E-state index contributed by atoms with van der Waals surface area (Å²) in [5.74, 6) is 5.90. The minimum atomic E-state index is 0.296. The Morgan fingerprint density at radius 1 is 1.46 bits per heavy atom. The standard InChI is InChI=1S/C17H17BrClN5/c18-11-4-7-13-15(9-11)22-14(16(13)17(20)23-24-21)8-3-10-1-5-12(19)6-2-10/h1,3-10,22,24H,2,21H2,(H2,20,23)/b8-3+. The summed E-state index contributed by atoms with van der Waals surface area (Å²) in [4.78, 5) is 3.38. The largest absolute Gasteiger partial charge is 0.382 e. The fourth-order valence-electron chi connectivity index (χ4n) is 2.69. The number of nitrogens with two attached hydrogens (primary N) is 2. The molecule has 1 aromatic carbocycles. The molecule has 0 fully saturated rings. The highest BCUT2D eigenvalue weighted by Gasteiger charge is 2.14. The molecule has 0 bridgehead atoms. The normalized spacial score (nSPS) is 18.4. The van der Waals surface area contributed by atoms with Crippen LogP contribution < -0.4 is 17.1 Å². The van der Waals surface area contributed by atoms with Crippen LogP contribution in [-0.2, 0) is 0 Å². The minimum Gasteiger partial charge on any atom is -0.382 e. The van der Waals surface area contributed by atoms with E-state index in [9.17, 15) is 0 Å². The number of aromatic nitrogens is 1. The van der Waals surface area contributed by atoms with Gasteiger partial charge in [-0.25, -0.2) is 11.4 Å². The predicted molar refractivity (Wildman–Crippen MR) is 104 cm³/mol. The van der Waals surface area contributed by atoms with Gasteiger partial charge in [0.05, 0.1) is 5.56 Å². The lowest BCUT2D eigenvalue weighted by molar-refractivity contribution is 0.804. The molecule has 0 saturated carbocycles. The van der Waals surface area contributed by atoms with Crippen LogP contribution in [0.3, 0.4) is 0 Å². The van der Waals surface area contributed by atoms with E-state index in [0.717, 1.165) is 38.1 Å². The van der Waals surface area contributed by atoms with Gasteiger partial charge in [-0.05, 0) is 36.6 Å². The van der Waals surface area contributed by atoms with E-state index in [4.69, 9.17) is 23.2 Å². The zero-order chi connectivity index (χ0) is 17.1. The van der Waals surface area contributed by atoms with E-state index in [-0.39, 0.29) is 0 Å². The number of nitrogens with zero attached hydrogens (tertiary/aromatic N) is 1. The van der Waals surface area contributed by atoms with Crippen LogP contribution in [0.25, 0.3) is 17.0 Å². The van der Waals surface area contributed by atoms with E-state index in [2.05, 4.69) is 43.7 Å². The molecular formula is C17H17BrClN5. The number of fused-ring (bicyclic) bond motifs is 1. The van der Waals surface area contributed by atoms with E-state index in [0.29, 0.717) is 11.8 Å². The maximum Gasteiger partial charge on any atom is 0.154 e. The van der Waals surface area contributed by atoms with Gasteiger partial charge in [0.2, 0.25) is 0 Å². The van der Waals surface area contributed by atoms with Crippen molar-refractivity contribution >= 4 is 50.3 Å². The van der Waals surface area contributed by atoms with Crippen molar-refractivity contribution in [3.05, 3.63) is 63.3 Å². The zero-order valence-electron chi connectivity index (χ0n) is 12.8. The maximum atomic E-state index is 6.08. The first-order chi connectivity index (χ1) is 11.6. The highest BCUT2D eigenvalue weighted by atomic mass is 79.9. The van der Waals surface area contributed by atoms with Crippen molar-refractivity contribution in [3.8, 4) is 0 Å². The Labute approximate surface area is 153 Å². The predicted octanol–water partition coefficient (Wildman–Crippen LogP) is 3.73. The van der Waals surface area contributed by atoms with Crippen molar-refractivity contribution in [1.29, 1.82) is 0 Å². The summed E-state index contributed by atoms with van der Waals surface area (Å²) in [6, 6.07) is 5.96. The van der Waals surface area contributed by atoms with Crippen LogP contribution in [0.2, 0.25) is 0 Å². The van der Waals surface area contributed by atoms with Crippen LogP contribution in [0.15, 0.2) is 57.1 Å². The number of aromatic amines is 1. The van der Waals surface area contributed by atoms with Crippen molar-refractivity contribution in [3.63, 3.8) is 0 Å². The quantitative estimate of drug-likeness (QED) is 0.270. The van der Waals surface area contributed by atoms with Gasteiger partial charge in [-0.2, -0.15) is 0 Å². The van der Waals surface area contributed by atoms with Crippen LogP contribution >= 0.6 is 27.5 Å². The third kappa shape index (κ3) is 3.56. The molecule has 6 N–H and O–H groups in total. The number of hydrazine groups is 1. The van der Waals surface area contributed by atoms with Crippen molar-refractivity contribution in [2.75, 3.05) is 0 Å². The Bertz CT molecular complexity index is 878. The Morgan fingerprint density at radius 3 is 3.00 bits per heavy atom. The topological polar surface area (TPSA) is 92.2 Å². The fourth-order valence-corrected chi connectivity index (χ4v) is 3.21. The van der Waals surface area contributed by atoms with Crippen LogP contribution in [0.4, 0.5) is 0 Å². The van der Waals surface area contributed by atoms with Crippen molar-refractivity contribution < 1.29 is 0 Å². The average molecular weight is 407 g/mol. The Kier molecular flexibility index (Phi) is 5.08.